The smallest absolute Gasteiger partial charge is 0.506 e. The molecule has 0 unspecified atom stereocenters. The third-order valence-electron chi connectivity index (χ3n) is 4.29. The van der Waals surface area contributed by atoms with Gasteiger partial charge in [-0.3, -0.25) is 0 Å². The van der Waals surface area contributed by atoms with Crippen molar-refractivity contribution < 1.29 is 19.1 Å². The van der Waals surface area contributed by atoms with Crippen molar-refractivity contribution in [2.45, 2.75) is 64.8 Å². The molecule has 0 saturated carbocycles. The van der Waals surface area contributed by atoms with Gasteiger partial charge in [0.2, 0.25) is 0 Å². The summed E-state index contributed by atoms with van der Waals surface area (Å²) in [5.74, 6) is 0.863. The summed E-state index contributed by atoms with van der Waals surface area (Å²) >= 11 is 0. The number of hydrogen-bond acceptors (Lipinski definition) is 3. The lowest BCUT2D eigenvalue weighted by molar-refractivity contribution is 0.0854. The summed E-state index contributed by atoms with van der Waals surface area (Å²) in [4.78, 5) is 10.4. The van der Waals surface area contributed by atoms with E-state index in [1.54, 1.807) is 0 Å². The van der Waals surface area contributed by atoms with Crippen molar-refractivity contribution >= 4 is 14.5 Å². The van der Waals surface area contributed by atoms with Gasteiger partial charge in [0.15, 0.2) is 0 Å². The van der Waals surface area contributed by atoms with Crippen LogP contribution in [-0.2, 0) is 11.3 Å². The van der Waals surface area contributed by atoms with Gasteiger partial charge in [-0.1, -0.05) is 53.7 Å². The van der Waals surface area contributed by atoms with E-state index in [1.807, 2.05) is 24.3 Å². The molecule has 0 radical (unpaired) electrons. The van der Waals surface area contributed by atoms with Crippen LogP contribution < -0.4 is 4.43 Å². The summed E-state index contributed by atoms with van der Waals surface area (Å²) in [6.07, 6.45) is -1.26. The highest BCUT2D eigenvalue weighted by Crippen LogP contribution is 2.42. The number of carboxylic acid groups (broad SMARTS) is 1. The molecular formula is C17H28O4Si. The van der Waals surface area contributed by atoms with E-state index in [-0.39, 0.29) is 6.61 Å². The van der Waals surface area contributed by atoms with Crippen LogP contribution in [0, 0.1) is 0 Å². The lowest BCUT2D eigenvalue weighted by Gasteiger charge is -2.42. The number of rotatable bonds is 7. The van der Waals surface area contributed by atoms with Gasteiger partial charge in [0, 0.05) is 0 Å². The second-order valence-corrected chi connectivity index (χ2v) is 12.0. The molecule has 1 aromatic carbocycles. The van der Waals surface area contributed by atoms with Crippen LogP contribution in [0.15, 0.2) is 24.3 Å². The van der Waals surface area contributed by atoms with Crippen molar-refractivity contribution in [3.05, 3.63) is 29.8 Å². The van der Waals surface area contributed by atoms with Gasteiger partial charge in [0.05, 0.1) is 0 Å². The molecular weight excluding hydrogens is 296 g/mol. The van der Waals surface area contributed by atoms with Gasteiger partial charge >= 0.3 is 6.16 Å². The molecule has 0 aromatic heterocycles. The molecule has 1 rings (SSSR count). The topological polar surface area (TPSA) is 55.8 Å². The highest BCUT2D eigenvalue weighted by molar-refractivity contribution is 6.78. The fourth-order valence-electron chi connectivity index (χ4n) is 3.36. The normalized spacial score (nSPS) is 12.0. The number of ether oxygens (including phenoxy) is 1. The Kier molecular flexibility index (Phi) is 6.47. The Morgan fingerprint density at radius 2 is 1.45 bits per heavy atom. The maximum atomic E-state index is 10.4. The first-order chi connectivity index (χ1) is 10.2. The number of carbonyl (C=O) groups is 1. The molecule has 0 bridgehead atoms. The Labute approximate surface area is 134 Å². The second kappa shape index (κ2) is 7.67. The summed E-state index contributed by atoms with van der Waals surface area (Å²) in [6, 6.07) is 7.54. The monoisotopic (exact) mass is 324 g/mol. The molecule has 0 atom stereocenters. The Hall–Kier alpha value is -1.49. The first-order valence-corrected chi connectivity index (χ1v) is 9.97. The van der Waals surface area contributed by atoms with Crippen LogP contribution in [0.1, 0.15) is 47.1 Å². The highest BCUT2D eigenvalue weighted by Gasteiger charge is 2.46. The Morgan fingerprint density at radius 1 is 1.00 bits per heavy atom. The van der Waals surface area contributed by atoms with Crippen molar-refractivity contribution in [3.8, 4) is 5.75 Å². The van der Waals surface area contributed by atoms with E-state index < -0.39 is 14.5 Å². The fraction of sp³-hybridized carbons (Fsp3) is 0.588. The van der Waals surface area contributed by atoms with E-state index in [0.717, 1.165) is 11.3 Å². The lowest BCUT2D eigenvalue weighted by atomic mass is 10.2. The van der Waals surface area contributed by atoms with Crippen molar-refractivity contribution in [3.63, 3.8) is 0 Å². The molecule has 0 spiro atoms. The average Bonchev–Trinajstić information content (AvgIpc) is 2.42. The standard InChI is InChI=1S/C17H28O4Si/c1-12(2)22(13(3)4,14(5)6)21-16-9-7-15(8-10-16)11-20-17(18)19/h7-10,12-14H,11H2,1-6H3,(H,18,19). The minimum atomic E-state index is -1.95. The van der Waals surface area contributed by atoms with Crippen molar-refractivity contribution in [1.82, 2.24) is 0 Å². The van der Waals surface area contributed by atoms with Crippen molar-refractivity contribution in [1.29, 1.82) is 0 Å². The van der Waals surface area contributed by atoms with Gasteiger partial charge in [-0.05, 0) is 34.3 Å². The predicted octanol–water partition coefficient (Wildman–Crippen LogP) is 5.44. The molecule has 0 heterocycles. The zero-order valence-corrected chi connectivity index (χ0v) is 15.4. The van der Waals surface area contributed by atoms with Crippen LogP contribution in [0.25, 0.3) is 0 Å². The van der Waals surface area contributed by atoms with Gasteiger partial charge in [-0.2, -0.15) is 0 Å². The van der Waals surface area contributed by atoms with Crippen LogP contribution in [0.5, 0.6) is 5.75 Å². The summed E-state index contributed by atoms with van der Waals surface area (Å²) in [5.41, 5.74) is 2.37. The summed E-state index contributed by atoms with van der Waals surface area (Å²) in [7, 11) is -1.95. The molecule has 1 N–H and O–H groups in total. The van der Waals surface area contributed by atoms with Crippen LogP contribution in [0.4, 0.5) is 4.79 Å². The quantitative estimate of drug-likeness (QED) is 0.536. The van der Waals surface area contributed by atoms with Gasteiger partial charge < -0.3 is 14.3 Å². The molecule has 4 nitrogen and oxygen atoms in total. The molecule has 0 aliphatic carbocycles. The summed E-state index contributed by atoms with van der Waals surface area (Å²) < 4.78 is 11.1. The van der Waals surface area contributed by atoms with Gasteiger partial charge in [-0.25, -0.2) is 4.79 Å². The van der Waals surface area contributed by atoms with Crippen LogP contribution in [0.2, 0.25) is 16.6 Å². The maximum absolute atomic E-state index is 10.4. The van der Waals surface area contributed by atoms with E-state index in [9.17, 15) is 4.79 Å². The molecule has 22 heavy (non-hydrogen) atoms. The molecule has 0 aliphatic heterocycles. The van der Waals surface area contributed by atoms with E-state index in [1.165, 1.54) is 0 Å². The summed E-state index contributed by atoms with van der Waals surface area (Å²) in [6.45, 7) is 13.6. The molecule has 5 heteroatoms. The van der Waals surface area contributed by atoms with Crippen LogP contribution in [-0.4, -0.2) is 19.6 Å². The first-order valence-electron chi connectivity index (χ1n) is 7.83. The third kappa shape index (κ3) is 4.26. The minimum Gasteiger partial charge on any atom is -0.543 e. The second-order valence-electron chi connectivity index (χ2n) is 6.62. The predicted molar refractivity (Wildman–Crippen MR) is 90.9 cm³/mol. The van der Waals surface area contributed by atoms with E-state index in [2.05, 4.69) is 46.3 Å². The summed E-state index contributed by atoms with van der Waals surface area (Å²) in [5, 5.41) is 8.52. The Balaban J connectivity index is 2.93. The average molecular weight is 324 g/mol. The van der Waals surface area contributed by atoms with E-state index in [4.69, 9.17) is 9.53 Å². The highest BCUT2D eigenvalue weighted by atomic mass is 28.4. The number of benzene rings is 1. The Bertz CT molecular complexity index is 458. The molecule has 0 saturated heterocycles. The maximum Gasteiger partial charge on any atom is 0.506 e. The molecule has 124 valence electrons. The zero-order valence-electron chi connectivity index (χ0n) is 14.4. The molecule has 0 fully saturated rings. The van der Waals surface area contributed by atoms with Gasteiger partial charge in [0.25, 0.3) is 8.32 Å². The van der Waals surface area contributed by atoms with Gasteiger partial charge in [0.1, 0.15) is 12.4 Å². The molecule has 0 aliphatic rings. The minimum absolute atomic E-state index is 0.0662. The molecule has 0 amide bonds. The SMILES string of the molecule is CC(C)[Si](Oc1ccc(COC(=O)O)cc1)(C(C)C)C(C)C. The largest absolute Gasteiger partial charge is 0.543 e. The Morgan fingerprint density at radius 3 is 1.82 bits per heavy atom. The first kappa shape index (κ1) is 18.6. The van der Waals surface area contributed by atoms with Crippen molar-refractivity contribution in [2.24, 2.45) is 0 Å². The van der Waals surface area contributed by atoms with Gasteiger partial charge in [-0.15, -0.1) is 0 Å². The fourth-order valence-corrected chi connectivity index (χ4v) is 8.61. The zero-order chi connectivity index (χ0) is 16.9. The van der Waals surface area contributed by atoms with E-state index in [0.29, 0.717) is 16.6 Å². The molecule has 1 aromatic rings. The van der Waals surface area contributed by atoms with Crippen LogP contribution in [0.3, 0.4) is 0 Å². The lowest BCUT2D eigenvalue weighted by Crippen LogP contribution is -2.50. The number of hydrogen-bond donors (Lipinski definition) is 1. The van der Waals surface area contributed by atoms with E-state index >= 15 is 0 Å². The van der Waals surface area contributed by atoms with Crippen LogP contribution >= 0.6 is 0 Å². The third-order valence-corrected chi connectivity index (χ3v) is 10.3. The van der Waals surface area contributed by atoms with Crippen molar-refractivity contribution in [2.75, 3.05) is 0 Å².